The van der Waals surface area contributed by atoms with Gasteiger partial charge in [-0.1, -0.05) is 12.1 Å². The van der Waals surface area contributed by atoms with Crippen molar-refractivity contribution in [3.05, 3.63) is 53.6 Å². The van der Waals surface area contributed by atoms with E-state index in [1.54, 1.807) is 13.3 Å². The van der Waals surface area contributed by atoms with Gasteiger partial charge >= 0.3 is 0 Å². The van der Waals surface area contributed by atoms with E-state index in [1.807, 2.05) is 37.3 Å². The van der Waals surface area contributed by atoms with Gasteiger partial charge in [-0.3, -0.25) is 0 Å². The third-order valence-corrected chi connectivity index (χ3v) is 2.36. The fourth-order valence-corrected chi connectivity index (χ4v) is 1.57. The molecule has 0 N–H and O–H groups in total. The second-order valence-electron chi connectivity index (χ2n) is 3.75. The molecular weight excluding hydrogens is 212 g/mol. The summed E-state index contributed by atoms with van der Waals surface area (Å²) in [4.78, 5) is 8.01. The molecule has 3 heteroatoms. The zero-order chi connectivity index (χ0) is 12.1. The number of aromatic nitrogens is 2. The van der Waals surface area contributed by atoms with E-state index in [0.29, 0.717) is 0 Å². The lowest BCUT2D eigenvalue weighted by Gasteiger charge is -2.03. The van der Waals surface area contributed by atoms with E-state index in [1.165, 1.54) is 11.9 Å². The molecule has 2 rings (SSSR count). The Balaban J connectivity index is 2.24. The van der Waals surface area contributed by atoms with Crippen LogP contribution in [0.2, 0.25) is 0 Å². The molecule has 0 saturated heterocycles. The summed E-state index contributed by atoms with van der Waals surface area (Å²) in [6, 6.07) is 7.95. The average molecular weight is 226 g/mol. The van der Waals surface area contributed by atoms with Gasteiger partial charge in [0.2, 0.25) is 0 Å². The van der Waals surface area contributed by atoms with E-state index < -0.39 is 0 Å². The molecule has 1 heterocycles. The lowest BCUT2D eigenvalue weighted by molar-refractivity contribution is 0.414. The first-order chi connectivity index (χ1) is 8.28. The summed E-state index contributed by atoms with van der Waals surface area (Å²) >= 11 is 0. The molecule has 0 saturated carbocycles. The topological polar surface area (TPSA) is 35.0 Å². The Bertz CT molecular complexity index is 521. The molecule has 0 aliphatic rings. The van der Waals surface area contributed by atoms with Crippen LogP contribution in [0.3, 0.4) is 0 Å². The Kier molecular flexibility index (Phi) is 3.50. The van der Waals surface area contributed by atoms with Crippen LogP contribution in [0, 0.1) is 6.92 Å². The van der Waals surface area contributed by atoms with Crippen LogP contribution in [-0.4, -0.2) is 17.1 Å². The zero-order valence-electron chi connectivity index (χ0n) is 9.92. The highest BCUT2D eigenvalue weighted by molar-refractivity contribution is 5.68. The van der Waals surface area contributed by atoms with E-state index in [0.717, 1.165) is 17.0 Å². The van der Waals surface area contributed by atoms with Crippen LogP contribution in [0.5, 0.6) is 5.75 Å². The van der Waals surface area contributed by atoms with Gasteiger partial charge in [0.15, 0.2) is 0 Å². The molecule has 1 aromatic carbocycles. The highest BCUT2D eigenvalue weighted by atomic mass is 16.5. The highest BCUT2D eigenvalue weighted by Gasteiger charge is 1.95. The summed E-state index contributed by atoms with van der Waals surface area (Å²) in [5.41, 5.74) is 3.16. The van der Waals surface area contributed by atoms with Crippen LogP contribution < -0.4 is 4.74 Å². The van der Waals surface area contributed by atoms with Crippen molar-refractivity contribution in [2.24, 2.45) is 0 Å². The number of ether oxygens (including phenoxy) is 1. The Morgan fingerprint density at radius 3 is 2.76 bits per heavy atom. The molecule has 0 aliphatic carbocycles. The van der Waals surface area contributed by atoms with Gasteiger partial charge in [-0.2, -0.15) is 0 Å². The molecule has 3 nitrogen and oxygen atoms in total. The van der Waals surface area contributed by atoms with Crippen molar-refractivity contribution in [3.8, 4) is 5.75 Å². The number of hydrogen-bond acceptors (Lipinski definition) is 3. The quantitative estimate of drug-likeness (QED) is 0.807. The number of rotatable bonds is 3. The minimum atomic E-state index is 0.868. The highest BCUT2D eigenvalue weighted by Crippen LogP contribution is 2.18. The molecule has 0 fully saturated rings. The number of aryl methyl sites for hydroxylation is 1. The van der Waals surface area contributed by atoms with Gasteiger partial charge in [0, 0.05) is 6.20 Å². The van der Waals surface area contributed by atoms with Gasteiger partial charge in [-0.05, 0) is 42.3 Å². The Hall–Kier alpha value is -2.16. The van der Waals surface area contributed by atoms with Gasteiger partial charge in [-0.15, -0.1) is 0 Å². The molecular formula is C14H14N2O. The SMILES string of the molecule is COc1cc(C)cc(/C=C/c2ccncn2)c1. The van der Waals surface area contributed by atoms with E-state index in [4.69, 9.17) is 4.74 Å². The Labute approximate surface area is 101 Å². The predicted octanol–water partition coefficient (Wildman–Crippen LogP) is 2.96. The molecule has 0 bridgehead atoms. The van der Waals surface area contributed by atoms with E-state index in [-0.39, 0.29) is 0 Å². The number of nitrogens with zero attached hydrogens (tertiary/aromatic N) is 2. The van der Waals surface area contributed by atoms with Crippen molar-refractivity contribution in [1.29, 1.82) is 0 Å². The zero-order valence-corrected chi connectivity index (χ0v) is 9.92. The Morgan fingerprint density at radius 1 is 1.18 bits per heavy atom. The summed E-state index contributed by atoms with van der Waals surface area (Å²) in [5.74, 6) is 0.868. The van der Waals surface area contributed by atoms with E-state index in [9.17, 15) is 0 Å². The summed E-state index contributed by atoms with van der Waals surface area (Å²) < 4.78 is 5.23. The maximum Gasteiger partial charge on any atom is 0.119 e. The molecule has 0 radical (unpaired) electrons. The van der Waals surface area contributed by atoms with Crippen molar-refractivity contribution in [3.63, 3.8) is 0 Å². The van der Waals surface area contributed by atoms with Crippen molar-refractivity contribution < 1.29 is 4.74 Å². The maximum atomic E-state index is 5.23. The molecule has 86 valence electrons. The molecule has 0 aliphatic heterocycles. The predicted molar refractivity (Wildman–Crippen MR) is 68.7 cm³/mol. The maximum absolute atomic E-state index is 5.23. The third kappa shape index (κ3) is 3.14. The van der Waals surface area contributed by atoms with Crippen LogP contribution in [0.25, 0.3) is 12.2 Å². The van der Waals surface area contributed by atoms with Gasteiger partial charge in [0.05, 0.1) is 12.8 Å². The van der Waals surface area contributed by atoms with Crippen molar-refractivity contribution in [2.75, 3.05) is 7.11 Å². The van der Waals surface area contributed by atoms with Crippen LogP contribution in [0.1, 0.15) is 16.8 Å². The van der Waals surface area contributed by atoms with Crippen LogP contribution in [-0.2, 0) is 0 Å². The van der Waals surface area contributed by atoms with Crippen molar-refractivity contribution >= 4 is 12.2 Å². The van der Waals surface area contributed by atoms with Crippen molar-refractivity contribution in [2.45, 2.75) is 6.92 Å². The second kappa shape index (κ2) is 5.25. The molecule has 0 amide bonds. The van der Waals surface area contributed by atoms with E-state index >= 15 is 0 Å². The largest absolute Gasteiger partial charge is 0.497 e. The normalized spacial score (nSPS) is 10.7. The fraction of sp³-hybridized carbons (Fsp3) is 0.143. The number of methoxy groups -OCH3 is 1. The van der Waals surface area contributed by atoms with Gasteiger partial charge in [-0.25, -0.2) is 9.97 Å². The molecule has 0 spiro atoms. The minimum absolute atomic E-state index is 0.868. The number of hydrogen-bond donors (Lipinski definition) is 0. The molecule has 17 heavy (non-hydrogen) atoms. The second-order valence-corrected chi connectivity index (χ2v) is 3.75. The first kappa shape index (κ1) is 11.3. The smallest absolute Gasteiger partial charge is 0.119 e. The first-order valence-electron chi connectivity index (χ1n) is 5.38. The van der Waals surface area contributed by atoms with Crippen LogP contribution >= 0.6 is 0 Å². The van der Waals surface area contributed by atoms with Gasteiger partial charge in [0.1, 0.15) is 12.1 Å². The lowest BCUT2D eigenvalue weighted by atomic mass is 10.1. The fourth-order valence-electron chi connectivity index (χ4n) is 1.57. The van der Waals surface area contributed by atoms with E-state index in [2.05, 4.69) is 16.0 Å². The summed E-state index contributed by atoms with van der Waals surface area (Å²) in [7, 11) is 1.67. The summed E-state index contributed by atoms with van der Waals surface area (Å²) in [6.45, 7) is 2.05. The number of benzene rings is 1. The molecule has 0 unspecified atom stereocenters. The van der Waals surface area contributed by atoms with Gasteiger partial charge in [0.25, 0.3) is 0 Å². The minimum Gasteiger partial charge on any atom is -0.497 e. The standard InChI is InChI=1S/C14H14N2O/c1-11-7-12(9-14(8-11)17-2)3-4-13-5-6-15-10-16-13/h3-10H,1-2H3/b4-3+. The summed E-state index contributed by atoms with van der Waals surface area (Å²) in [5, 5.41) is 0. The first-order valence-corrected chi connectivity index (χ1v) is 5.38. The lowest BCUT2D eigenvalue weighted by Crippen LogP contribution is -1.85. The molecule has 0 atom stereocenters. The molecule has 2 aromatic rings. The van der Waals surface area contributed by atoms with Crippen LogP contribution in [0.15, 0.2) is 36.8 Å². The molecule has 1 aromatic heterocycles. The van der Waals surface area contributed by atoms with Crippen molar-refractivity contribution in [1.82, 2.24) is 9.97 Å². The van der Waals surface area contributed by atoms with Crippen LogP contribution in [0.4, 0.5) is 0 Å². The Morgan fingerprint density at radius 2 is 2.06 bits per heavy atom. The average Bonchev–Trinajstić information content (AvgIpc) is 2.37. The monoisotopic (exact) mass is 226 g/mol. The third-order valence-electron chi connectivity index (χ3n) is 2.36. The summed E-state index contributed by atoms with van der Waals surface area (Å²) in [6.07, 6.45) is 7.23. The van der Waals surface area contributed by atoms with Gasteiger partial charge < -0.3 is 4.74 Å².